The number of aromatic hydroxyl groups is 1. The summed E-state index contributed by atoms with van der Waals surface area (Å²) in [6.07, 6.45) is -1.64. The number of benzene rings is 1. The first-order chi connectivity index (χ1) is 17.8. The number of phenolic OH excluding ortho intramolecular Hbond substituents is 1. The van der Waals surface area contributed by atoms with Crippen LogP contribution in [0.15, 0.2) is 29.1 Å². The van der Waals surface area contributed by atoms with E-state index in [-0.39, 0.29) is 35.6 Å². The van der Waals surface area contributed by atoms with Gasteiger partial charge in [-0.3, -0.25) is 9.59 Å². The number of amides is 1. The number of rotatable bonds is 4. The van der Waals surface area contributed by atoms with Crippen molar-refractivity contribution in [2.45, 2.75) is 46.4 Å². The summed E-state index contributed by atoms with van der Waals surface area (Å²) >= 11 is 0. The molecule has 1 amide bonds. The van der Waals surface area contributed by atoms with Crippen molar-refractivity contribution in [1.82, 2.24) is 14.9 Å². The number of phenols is 1. The first kappa shape index (κ1) is 25.7. The molecule has 1 unspecified atom stereocenters. The van der Waals surface area contributed by atoms with Crippen LogP contribution in [0.2, 0.25) is 0 Å². The molecule has 0 bridgehead atoms. The molecule has 0 aliphatic carbocycles. The number of nitrogens with zero attached hydrogens (tertiary/aromatic N) is 2. The summed E-state index contributed by atoms with van der Waals surface area (Å²) in [6, 6.07) is 6.54. The lowest BCUT2D eigenvalue weighted by molar-refractivity contribution is -0.171. The summed E-state index contributed by atoms with van der Waals surface area (Å²) in [5, 5.41) is 13.0. The van der Waals surface area contributed by atoms with Crippen molar-refractivity contribution in [2.75, 3.05) is 13.7 Å². The number of fused-ring (bicyclic) bond motifs is 5. The van der Waals surface area contributed by atoms with E-state index in [1.54, 1.807) is 28.8 Å². The van der Waals surface area contributed by atoms with E-state index < -0.39 is 30.7 Å². The summed E-state index contributed by atoms with van der Waals surface area (Å²) in [5.41, 5.74) is 3.63. The molecular formula is C26H27N3O8. The van der Waals surface area contributed by atoms with Gasteiger partial charge in [-0.05, 0) is 36.2 Å². The summed E-state index contributed by atoms with van der Waals surface area (Å²) < 4.78 is 16.4. The van der Waals surface area contributed by atoms with Gasteiger partial charge in [-0.2, -0.15) is 0 Å². The Morgan fingerprint density at radius 2 is 1.97 bits per heavy atom. The predicted molar refractivity (Wildman–Crippen MR) is 132 cm³/mol. The van der Waals surface area contributed by atoms with Crippen molar-refractivity contribution < 1.29 is 33.7 Å². The van der Waals surface area contributed by atoms with E-state index in [1.807, 2.05) is 20.8 Å². The molecule has 37 heavy (non-hydrogen) atoms. The Morgan fingerprint density at radius 3 is 2.68 bits per heavy atom. The third-order valence-corrected chi connectivity index (χ3v) is 6.20. The van der Waals surface area contributed by atoms with Crippen molar-refractivity contribution >= 4 is 28.9 Å². The molecule has 2 aliphatic heterocycles. The number of carbonyl (C=O) groups excluding carboxylic acids is 3. The summed E-state index contributed by atoms with van der Waals surface area (Å²) in [4.78, 5) is 54.1. The molecule has 11 heteroatoms. The molecule has 194 valence electrons. The molecule has 0 saturated heterocycles. The van der Waals surface area contributed by atoms with E-state index in [4.69, 9.17) is 14.5 Å². The quantitative estimate of drug-likeness (QED) is 0.313. The number of methoxy groups -OCH3 is 1. The number of pyridine rings is 2. The molecule has 0 fully saturated rings. The zero-order valence-electron chi connectivity index (χ0n) is 20.9. The van der Waals surface area contributed by atoms with Gasteiger partial charge < -0.3 is 29.2 Å². The highest BCUT2D eigenvalue weighted by atomic mass is 16.6. The second-order valence-corrected chi connectivity index (χ2v) is 8.15. The molecule has 0 spiro atoms. The van der Waals surface area contributed by atoms with Gasteiger partial charge in [0.15, 0.2) is 0 Å². The number of nitrogens with one attached hydrogen (secondary N) is 1. The minimum Gasteiger partial charge on any atom is -0.508 e. The van der Waals surface area contributed by atoms with Gasteiger partial charge in [0.1, 0.15) is 18.9 Å². The number of hydrogen-bond donors (Lipinski definition) is 2. The summed E-state index contributed by atoms with van der Waals surface area (Å²) in [6.45, 7) is 5.49. The lowest BCUT2D eigenvalue weighted by Crippen LogP contribution is -2.36. The third kappa shape index (κ3) is 4.48. The highest BCUT2D eigenvalue weighted by molar-refractivity contribution is 5.90. The second kappa shape index (κ2) is 10.3. The number of hydrogen-bond acceptors (Lipinski definition) is 9. The van der Waals surface area contributed by atoms with Crippen molar-refractivity contribution in [3.8, 4) is 17.1 Å². The number of aryl methyl sites for hydroxylation is 1. The third-order valence-electron chi connectivity index (χ3n) is 6.20. The Labute approximate surface area is 212 Å². The highest BCUT2D eigenvalue weighted by Gasteiger charge is 2.38. The summed E-state index contributed by atoms with van der Waals surface area (Å²) in [7, 11) is 1.14. The Hall–Kier alpha value is -4.41. The van der Waals surface area contributed by atoms with Gasteiger partial charge in [-0.15, -0.1) is 0 Å². The fourth-order valence-electron chi connectivity index (χ4n) is 4.59. The Balaban J connectivity index is 0.00000156. The molecular weight excluding hydrogens is 482 g/mol. The molecule has 0 saturated carbocycles. The van der Waals surface area contributed by atoms with Gasteiger partial charge in [0.25, 0.3) is 5.56 Å². The maximum atomic E-state index is 13.4. The van der Waals surface area contributed by atoms with Crippen LogP contribution in [0.4, 0.5) is 4.79 Å². The van der Waals surface area contributed by atoms with Crippen LogP contribution in [0.5, 0.6) is 5.75 Å². The second-order valence-electron chi connectivity index (χ2n) is 8.15. The number of carbonyl (C=O) groups is 3. The molecule has 4 heterocycles. The van der Waals surface area contributed by atoms with E-state index in [1.165, 1.54) is 0 Å². The summed E-state index contributed by atoms with van der Waals surface area (Å²) in [5.74, 6) is -1.59. The van der Waals surface area contributed by atoms with Crippen LogP contribution in [0.1, 0.15) is 49.1 Å². The molecule has 3 aromatic rings. The van der Waals surface area contributed by atoms with Crippen molar-refractivity contribution in [3.63, 3.8) is 0 Å². The maximum absolute atomic E-state index is 13.4. The Morgan fingerprint density at radius 1 is 1.22 bits per heavy atom. The van der Waals surface area contributed by atoms with E-state index in [0.29, 0.717) is 23.3 Å². The molecule has 1 atom stereocenters. The number of aromatic nitrogens is 2. The van der Waals surface area contributed by atoms with Crippen LogP contribution in [-0.2, 0) is 43.4 Å². The van der Waals surface area contributed by atoms with Crippen LogP contribution >= 0.6 is 0 Å². The average Bonchev–Trinajstić information content (AvgIpc) is 3.27. The van der Waals surface area contributed by atoms with E-state index in [0.717, 1.165) is 23.6 Å². The van der Waals surface area contributed by atoms with Crippen molar-refractivity contribution in [2.24, 2.45) is 0 Å². The van der Waals surface area contributed by atoms with Crippen LogP contribution in [0.25, 0.3) is 22.3 Å². The van der Waals surface area contributed by atoms with Gasteiger partial charge in [0.05, 0.1) is 36.1 Å². The average molecular weight is 510 g/mol. The molecule has 5 rings (SSSR count). The largest absolute Gasteiger partial charge is 0.508 e. The van der Waals surface area contributed by atoms with Gasteiger partial charge in [-0.25, -0.2) is 14.6 Å². The van der Waals surface area contributed by atoms with Gasteiger partial charge in [-0.1, -0.05) is 20.8 Å². The van der Waals surface area contributed by atoms with E-state index >= 15 is 0 Å². The molecule has 2 aromatic heterocycles. The van der Waals surface area contributed by atoms with Crippen LogP contribution in [0.3, 0.4) is 0 Å². The Bertz CT molecular complexity index is 1480. The molecule has 0 radical (unpaired) electrons. The first-order valence-corrected chi connectivity index (χ1v) is 11.9. The normalized spacial score (nSPS) is 14.9. The topological polar surface area (TPSA) is 146 Å². The van der Waals surface area contributed by atoms with E-state index in [2.05, 4.69) is 10.1 Å². The first-order valence-electron chi connectivity index (χ1n) is 11.9. The molecule has 1 aromatic carbocycles. The maximum Gasteiger partial charge on any atom is 0.407 e. The van der Waals surface area contributed by atoms with Crippen LogP contribution < -0.4 is 10.9 Å². The minimum absolute atomic E-state index is 0.124. The van der Waals surface area contributed by atoms with Crippen molar-refractivity contribution in [3.05, 3.63) is 56.9 Å². The van der Waals surface area contributed by atoms with Crippen LogP contribution in [-0.4, -0.2) is 46.3 Å². The zero-order valence-corrected chi connectivity index (χ0v) is 20.9. The lowest BCUT2D eigenvalue weighted by atomic mass is 9.97. The minimum atomic E-state index is -1.46. The van der Waals surface area contributed by atoms with Gasteiger partial charge in [0, 0.05) is 16.5 Å². The standard InChI is InChI=1S/C24H21N3O8.C2H6/c1-3-12-13-6-11(28)4-5-17(13)26-20-15(12)9-27-18(20)7-14-16(22(27)30)10-34-23(31)21(14)35-19(29)8-25-24(32)33-2;1-2/h4-7,21,28H,3,8-10H2,1-2H3,(H,25,32);1-2H3. The zero-order chi connectivity index (χ0) is 26.9. The predicted octanol–water partition coefficient (Wildman–Crippen LogP) is 2.72. The van der Waals surface area contributed by atoms with Gasteiger partial charge >= 0.3 is 18.0 Å². The number of esters is 2. The van der Waals surface area contributed by atoms with Crippen molar-refractivity contribution in [1.29, 1.82) is 0 Å². The lowest BCUT2D eigenvalue weighted by Gasteiger charge is -2.25. The Kier molecular flexibility index (Phi) is 7.14. The number of cyclic esters (lactones) is 1. The fourth-order valence-corrected chi connectivity index (χ4v) is 4.59. The number of ether oxygens (including phenoxy) is 3. The van der Waals surface area contributed by atoms with Crippen LogP contribution in [0, 0.1) is 0 Å². The SMILES string of the molecule is CC.CCc1c2c(nc3ccc(O)cc13)-c1cc3c(c(=O)n1C2)COC(=O)C3OC(=O)CNC(=O)OC. The molecule has 11 nitrogen and oxygen atoms in total. The molecule has 2 N–H and O–H groups in total. The fraction of sp³-hybridized carbons (Fsp3) is 0.346. The van der Waals surface area contributed by atoms with Gasteiger partial charge in [0.2, 0.25) is 6.10 Å². The number of alkyl carbamates (subject to hydrolysis) is 1. The monoisotopic (exact) mass is 509 g/mol. The molecule has 2 aliphatic rings. The van der Waals surface area contributed by atoms with E-state index in [9.17, 15) is 24.3 Å². The smallest absolute Gasteiger partial charge is 0.407 e. The highest BCUT2D eigenvalue weighted by Crippen LogP contribution is 2.39.